The van der Waals surface area contributed by atoms with Crippen molar-refractivity contribution in [2.45, 2.75) is 19.6 Å². The average Bonchev–Trinajstić information content (AvgIpc) is 2.66. The van der Waals surface area contributed by atoms with Gasteiger partial charge in [0.1, 0.15) is 0 Å². The molecule has 2 N–H and O–H groups in total. The molecule has 1 aliphatic rings. The zero-order valence-electron chi connectivity index (χ0n) is 8.95. The molecule has 0 aliphatic carbocycles. The molecule has 1 aromatic rings. The normalized spacial score (nSPS) is 21.8. The summed E-state index contributed by atoms with van der Waals surface area (Å²) in [6.45, 7) is 6.59. The third-order valence-corrected chi connectivity index (χ3v) is 3.26. The number of hydrogen-bond acceptors (Lipinski definition) is 5. The monoisotopic (exact) mass is 227 g/mol. The molecule has 0 saturated carbocycles. The first-order chi connectivity index (χ1) is 7.34. The van der Waals surface area contributed by atoms with E-state index in [4.69, 9.17) is 4.74 Å². The summed E-state index contributed by atoms with van der Waals surface area (Å²) in [5.41, 5.74) is 0. The third-order valence-electron chi connectivity index (χ3n) is 2.34. The summed E-state index contributed by atoms with van der Waals surface area (Å²) in [7, 11) is 0. The second-order valence-electron chi connectivity index (χ2n) is 3.67. The lowest BCUT2D eigenvalue weighted by molar-refractivity contribution is 0.0291. The number of hydrogen-bond donors (Lipinski definition) is 2. The van der Waals surface area contributed by atoms with E-state index in [1.54, 1.807) is 11.3 Å². The number of morpholine rings is 1. The number of thiazole rings is 1. The molecule has 1 atom stereocenters. The molecule has 15 heavy (non-hydrogen) atoms. The molecule has 0 radical (unpaired) electrons. The summed E-state index contributed by atoms with van der Waals surface area (Å²) in [6, 6.07) is 0. The fourth-order valence-corrected chi connectivity index (χ4v) is 2.36. The van der Waals surface area contributed by atoms with Gasteiger partial charge in [0.2, 0.25) is 0 Å². The van der Waals surface area contributed by atoms with Crippen LogP contribution in [0, 0.1) is 6.92 Å². The van der Waals surface area contributed by atoms with Crippen LogP contribution < -0.4 is 10.6 Å². The van der Waals surface area contributed by atoms with E-state index in [-0.39, 0.29) is 0 Å². The lowest BCUT2D eigenvalue weighted by atomic mass is 10.3. The number of rotatable bonds is 4. The Kier molecular flexibility index (Phi) is 4.08. The minimum atomic E-state index is 0.313. The largest absolute Gasteiger partial charge is 0.374 e. The van der Waals surface area contributed by atoms with Crippen molar-refractivity contribution in [1.29, 1.82) is 0 Å². The molecule has 5 heteroatoms. The molecular formula is C10H17N3OS. The summed E-state index contributed by atoms with van der Waals surface area (Å²) in [5.74, 6) is 0. The van der Waals surface area contributed by atoms with Crippen LogP contribution in [0.1, 0.15) is 9.88 Å². The van der Waals surface area contributed by atoms with Crippen LogP contribution >= 0.6 is 11.3 Å². The van der Waals surface area contributed by atoms with Crippen molar-refractivity contribution in [2.75, 3.05) is 26.2 Å². The standard InChI is InChI=1S/C10H17N3OS/c1-8-13-7-10(15-8)6-12-5-9-4-11-2-3-14-9/h7,9,11-12H,2-6H2,1H3. The molecule has 1 fully saturated rings. The van der Waals surface area contributed by atoms with Crippen molar-refractivity contribution < 1.29 is 4.74 Å². The molecule has 84 valence electrons. The van der Waals surface area contributed by atoms with Gasteiger partial charge < -0.3 is 15.4 Å². The van der Waals surface area contributed by atoms with E-state index >= 15 is 0 Å². The lowest BCUT2D eigenvalue weighted by Crippen LogP contribution is -2.43. The zero-order valence-corrected chi connectivity index (χ0v) is 9.77. The highest BCUT2D eigenvalue weighted by Crippen LogP contribution is 2.10. The van der Waals surface area contributed by atoms with Gasteiger partial charge in [-0.3, -0.25) is 0 Å². The Morgan fingerprint density at radius 2 is 2.67 bits per heavy atom. The van der Waals surface area contributed by atoms with Crippen molar-refractivity contribution in [1.82, 2.24) is 15.6 Å². The Morgan fingerprint density at radius 1 is 1.73 bits per heavy atom. The number of aryl methyl sites for hydroxylation is 1. The first-order valence-electron chi connectivity index (χ1n) is 5.29. The van der Waals surface area contributed by atoms with Gasteiger partial charge in [-0.25, -0.2) is 4.98 Å². The minimum Gasteiger partial charge on any atom is -0.374 e. The lowest BCUT2D eigenvalue weighted by Gasteiger charge is -2.23. The zero-order chi connectivity index (χ0) is 10.5. The van der Waals surface area contributed by atoms with Gasteiger partial charge >= 0.3 is 0 Å². The predicted octanol–water partition coefficient (Wildman–Crippen LogP) is 0.530. The highest BCUT2D eigenvalue weighted by Gasteiger charge is 2.12. The van der Waals surface area contributed by atoms with Gasteiger partial charge in [-0.1, -0.05) is 0 Å². The van der Waals surface area contributed by atoms with E-state index in [9.17, 15) is 0 Å². The SMILES string of the molecule is Cc1ncc(CNCC2CNCCO2)s1. The van der Waals surface area contributed by atoms with Crippen LogP contribution in [0.25, 0.3) is 0 Å². The van der Waals surface area contributed by atoms with Gasteiger partial charge in [0.05, 0.1) is 17.7 Å². The van der Waals surface area contributed by atoms with Crippen LogP contribution in [-0.2, 0) is 11.3 Å². The van der Waals surface area contributed by atoms with Crippen LogP contribution in [0.5, 0.6) is 0 Å². The first kappa shape index (κ1) is 11.0. The van der Waals surface area contributed by atoms with Crippen molar-refractivity contribution in [3.8, 4) is 0 Å². The minimum absolute atomic E-state index is 0.313. The van der Waals surface area contributed by atoms with Crippen molar-refractivity contribution >= 4 is 11.3 Å². The third kappa shape index (κ3) is 3.53. The van der Waals surface area contributed by atoms with E-state index < -0.39 is 0 Å². The highest BCUT2D eigenvalue weighted by molar-refractivity contribution is 7.11. The molecule has 2 heterocycles. The van der Waals surface area contributed by atoms with Crippen molar-refractivity contribution in [3.63, 3.8) is 0 Å². The maximum Gasteiger partial charge on any atom is 0.0897 e. The summed E-state index contributed by atoms with van der Waals surface area (Å²) >= 11 is 1.74. The number of aromatic nitrogens is 1. The van der Waals surface area contributed by atoms with Gasteiger partial charge in [-0.2, -0.15) is 0 Å². The molecule has 4 nitrogen and oxygen atoms in total. The van der Waals surface area contributed by atoms with Crippen LogP contribution in [0.15, 0.2) is 6.20 Å². The van der Waals surface area contributed by atoms with E-state index in [0.717, 1.165) is 37.8 Å². The highest BCUT2D eigenvalue weighted by atomic mass is 32.1. The number of ether oxygens (including phenoxy) is 1. The molecule has 0 amide bonds. The number of nitrogens with zero attached hydrogens (tertiary/aromatic N) is 1. The molecule has 0 spiro atoms. The van der Waals surface area contributed by atoms with Crippen LogP contribution in [-0.4, -0.2) is 37.3 Å². The predicted molar refractivity (Wildman–Crippen MR) is 61.2 cm³/mol. The fourth-order valence-electron chi connectivity index (χ4n) is 1.59. The molecule has 1 aliphatic heterocycles. The molecule has 1 aromatic heterocycles. The molecule has 0 aromatic carbocycles. The Hall–Kier alpha value is -0.490. The topological polar surface area (TPSA) is 46.2 Å². The summed E-state index contributed by atoms with van der Waals surface area (Å²) in [4.78, 5) is 5.51. The van der Waals surface area contributed by atoms with Crippen LogP contribution in [0.3, 0.4) is 0 Å². The molecule has 0 bridgehead atoms. The molecular weight excluding hydrogens is 210 g/mol. The Labute approximate surface area is 94.1 Å². The smallest absolute Gasteiger partial charge is 0.0897 e. The molecule has 1 saturated heterocycles. The van der Waals surface area contributed by atoms with Gasteiger partial charge in [-0.15, -0.1) is 11.3 Å². The van der Waals surface area contributed by atoms with Gasteiger partial charge in [0.15, 0.2) is 0 Å². The second-order valence-corrected chi connectivity index (χ2v) is 4.99. The van der Waals surface area contributed by atoms with E-state index in [1.807, 2.05) is 13.1 Å². The fraction of sp³-hybridized carbons (Fsp3) is 0.700. The van der Waals surface area contributed by atoms with Gasteiger partial charge in [0.25, 0.3) is 0 Å². The van der Waals surface area contributed by atoms with Crippen LogP contribution in [0.4, 0.5) is 0 Å². The van der Waals surface area contributed by atoms with Crippen LogP contribution in [0.2, 0.25) is 0 Å². The van der Waals surface area contributed by atoms with Gasteiger partial charge in [-0.05, 0) is 6.92 Å². The Morgan fingerprint density at radius 3 is 3.33 bits per heavy atom. The molecule has 1 unspecified atom stereocenters. The second kappa shape index (κ2) is 5.55. The quantitative estimate of drug-likeness (QED) is 0.787. The number of nitrogens with one attached hydrogen (secondary N) is 2. The summed E-state index contributed by atoms with van der Waals surface area (Å²) < 4.78 is 5.58. The van der Waals surface area contributed by atoms with E-state index in [1.165, 1.54) is 4.88 Å². The molecule has 2 rings (SSSR count). The van der Waals surface area contributed by atoms with Crippen molar-refractivity contribution in [3.05, 3.63) is 16.1 Å². The summed E-state index contributed by atoms with van der Waals surface area (Å²) in [5, 5.41) is 7.83. The maximum atomic E-state index is 5.58. The van der Waals surface area contributed by atoms with E-state index in [2.05, 4.69) is 15.6 Å². The Bertz CT molecular complexity index is 297. The first-order valence-corrected chi connectivity index (χ1v) is 6.10. The van der Waals surface area contributed by atoms with Crippen molar-refractivity contribution in [2.24, 2.45) is 0 Å². The van der Waals surface area contributed by atoms with Gasteiger partial charge in [0, 0.05) is 37.3 Å². The summed E-state index contributed by atoms with van der Waals surface area (Å²) in [6.07, 6.45) is 2.25. The Balaban J connectivity index is 1.65. The van der Waals surface area contributed by atoms with E-state index in [0.29, 0.717) is 6.10 Å². The maximum absolute atomic E-state index is 5.58. The average molecular weight is 227 g/mol.